The molecule has 4 nitrogen and oxygen atoms in total. The van der Waals surface area contributed by atoms with Gasteiger partial charge in [-0.15, -0.1) is 11.3 Å². The van der Waals surface area contributed by atoms with Crippen LogP contribution in [0.15, 0.2) is 35.8 Å². The molecule has 20 heavy (non-hydrogen) atoms. The second-order valence-corrected chi connectivity index (χ2v) is 5.40. The van der Waals surface area contributed by atoms with E-state index in [2.05, 4.69) is 22.5 Å². The molecule has 0 bridgehead atoms. The Bertz CT molecular complexity index is 540. The third-order valence-corrected chi connectivity index (χ3v) is 3.56. The first-order chi connectivity index (χ1) is 9.79. The minimum Gasteiger partial charge on any atom is -0.352 e. The first kappa shape index (κ1) is 14.5. The van der Waals surface area contributed by atoms with E-state index in [1.165, 1.54) is 11.3 Å². The zero-order chi connectivity index (χ0) is 14.2. The maximum atomic E-state index is 12.0. The van der Waals surface area contributed by atoms with E-state index in [1.807, 2.05) is 29.6 Å². The van der Waals surface area contributed by atoms with Gasteiger partial charge in [0.2, 0.25) is 0 Å². The van der Waals surface area contributed by atoms with E-state index < -0.39 is 0 Å². The predicted octanol–water partition coefficient (Wildman–Crippen LogP) is 3.81. The molecule has 0 saturated carbocycles. The average molecular weight is 289 g/mol. The second-order valence-electron chi connectivity index (χ2n) is 4.51. The number of hydrogen-bond acceptors (Lipinski definition) is 4. The zero-order valence-electron chi connectivity index (χ0n) is 11.6. The molecule has 0 radical (unpaired) electrons. The largest absolute Gasteiger partial charge is 0.352 e. The van der Waals surface area contributed by atoms with E-state index in [4.69, 9.17) is 0 Å². The van der Waals surface area contributed by atoms with Crippen molar-refractivity contribution in [2.24, 2.45) is 0 Å². The molecular formula is C15H19N3OS. The topological polar surface area (TPSA) is 54.0 Å². The van der Waals surface area contributed by atoms with Crippen molar-refractivity contribution >= 4 is 28.1 Å². The summed E-state index contributed by atoms with van der Waals surface area (Å²) in [6.45, 7) is 2.88. The van der Waals surface area contributed by atoms with Gasteiger partial charge in [0, 0.05) is 29.4 Å². The Labute approximate surface area is 123 Å². The fourth-order valence-electron chi connectivity index (χ4n) is 1.83. The lowest BCUT2D eigenvalue weighted by atomic mass is 10.2. The van der Waals surface area contributed by atoms with Crippen LogP contribution in [0.4, 0.5) is 10.8 Å². The van der Waals surface area contributed by atoms with Crippen LogP contribution < -0.4 is 10.6 Å². The standard InChI is InChI=1S/C15H19N3OS/c1-2-3-4-8-16-14(19)12-6-5-7-13(11-12)18-15-17-9-10-20-15/h5-7,9-11H,2-4,8H2,1H3,(H,16,19)(H,17,18). The third-order valence-electron chi connectivity index (χ3n) is 2.87. The molecule has 0 fully saturated rings. The minimum absolute atomic E-state index is 0.0242. The predicted molar refractivity (Wildman–Crippen MR) is 83.7 cm³/mol. The fourth-order valence-corrected chi connectivity index (χ4v) is 2.37. The fraction of sp³-hybridized carbons (Fsp3) is 0.333. The van der Waals surface area contributed by atoms with Crippen molar-refractivity contribution in [1.82, 2.24) is 10.3 Å². The van der Waals surface area contributed by atoms with Gasteiger partial charge >= 0.3 is 0 Å². The Hall–Kier alpha value is -1.88. The van der Waals surface area contributed by atoms with Crippen molar-refractivity contribution in [3.63, 3.8) is 0 Å². The van der Waals surface area contributed by atoms with Gasteiger partial charge in [-0.3, -0.25) is 4.79 Å². The number of carbonyl (C=O) groups excluding carboxylic acids is 1. The van der Waals surface area contributed by atoms with Crippen molar-refractivity contribution < 1.29 is 4.79 Å². The highest BCUT2D eigenvalue weighted by atomic mass is 32.1. The van der Waals surface area contributed by atoms with Crippen LogP contribution in [0, 0.1) is 0 Å². The number of unbranched alkanes of at least 4 members (excludes halogenated alkanes) is 2. The highest BCUT2D eigenvalue weighted by Gasteiger charge is 2.06. The lowest BCUT2D eigenvalue weighted by molar-refractivity contribution is 0.0953. The lowest BCUT2D eigenvalue weighted by Crippen LogP contribution is -2.24. The third kappa shape index (κ3) is 4.35. The molecule has 2 N–H and O–H groups in total. The number of aromatic nitrogens is 1. The Morgan fingerprint density at radius 3 is 3.00 bits per heavy atom. The first-order valence-electron chi connectivity index (χ1n) is 6.84. The Balaban J connectivity index is 1.93. The van der Waals surface area contributed by atoms with Gasteiger partial charge in [-0.2, -0.15) is 0 Å². The summed E-state index contributed by atoms with van der Waals surface area (Å²) in [7, 11) is 0. The van der Waals surface area contributed by atoms with E-state index in [9.17, 15) is 4.79 Å². The Kier molecular flexibility index (Phi) is 5.55. The molecule has 106 valence electrons. The number of thiazole rings is 1. The van der Waals surface area contributed by atoms with Gasteiger partial charge in [-0.05, 0) is 24.6 Å². The summed E-state index contributed by atoms with van der Waals surface area (Å²) >= 11 is 1.53. The SMILES string of the molecule is CCCCCNC(=O)c1cccc(Nc2nccs2)c1. The average Bonchev–Trinajstić information content (AvgIpc) is 2.96. The summed E-state index contributed by atoms with van der Waals surface area (Å²) in [5, 5.41) is 8.86. The molecule has 0 aliphatic rings. The zero-order valence-corrected chi connectivity index (χ0v) is 12.4. The summed E-state index contributed by atoms with van der Waals surface area (Å²) in [5.74, 6) is -0.0242. The van der Waals surface area contributed by atoms with Gasteiger partial charge in [0.15, 0.2) is 5.13 Å². The van der Waals surface area contributed by atoms with Crippen molar-refractivity contribution in [1.29, 1.82) is 0 Å². The highest BCUT2D eigenvalue weighted by Crippen LogP contribution is 2.19. The molecule has 1 amide bonds. The Morgan fingerprint density at radius 1 is 1.35 bits per heavy atom. The molecule has 0 aliphatic heterocycles. The van der Waals surface area contributed by atoms with Gasteiger partial charge in [0.1, 0.15) is 0 Å². The van der Waals surface area contributed by atoms with Crippen LogP contribution in [0.1, 0.15) is 36.5 Å². The molecule has 0 atom stereocenters. The van der Waals surface area contributed by atoms with Crippen LogP contribution in [0.3, 0.4) is 0 Å². The maximum Gasteiger partial charge on any atom is 0.251 e. The van der Waals surface area contributed by atoms with Gasteiger partial charge in [0.25, 0.3) is 5.91 Å². The monoisotopic (exact) mass is 289 g/mol. The van der Waals surface area contributed by atoms with E-state index >= 15 is 0 Å². The summed E-state index contributed by atoms with van der Waals surface area (Å²) in [6.07, 6.45) is 5.07. The molecule has 1 heterocycles. The normalized spacial score (nSPS) is 10.2. The Morgan fingerprint density at radius 2 is 2.25 bits per heavy atom. The summed E-state index contributed by atoms with van der Waals surface area (Å²) in [6, 6.07) is 7.46. The van der Waals surface area contributed by atoms with Crippen molar-refractivity contribution in [3.8, 4) is 0 Å². The molecule has 0 saturated heterocycles. The molecule has 5 heteroatoms. The molecule has 1 aromatic carbocycles. The first-order valence-corrected chi connectivity index (χ1v) is 7.72. The van der Waals surface area contributed by atoms with Crippen molar-refractivity contribution in [2.45, 2.75) is 26.2 Å². The van der Waals surface area contributed by atoms with Gasteiger partial charge in [0.05, 0.1) is 0 Å². The number of rotatable bonds is 7. The number of carbonyl (C=O) groups is 1. The lowest BCUT2D eigenvalue weighted by Gasteiger charge is -2.07. The maximum absolute atomic E-state index is 12.0. The number of amides is 1. The molecule has 0 spiro atoms. The number of anilines is 2. The number of nitrogens with one attached hydrogen (secondary N) is 2. The molecule has 2 rings (SSSR count). The van der Waals surface area contributed by atoms with Crippen LogP contribution in [0.5, 0.6) is 0 Å². The van der Waals surface area contributed by atoms with Crippen LogP contribution in [-0.4, -0.2) is 17.4 Å². The second kappa shape index (κ2) is 7.65. The van der Waals surface area contributed by atoms with Gasteiger partial charge in [-0.1, -0.05) is 25.8 Å². The smallest absolute Gasteiger partial charge is 0.251 e. The van der Waals surface area contributed by atoms with Crippen LogP contribution >= 0.6 is 11.3 Å². The molecule has 0 aliphatic carbocycles. The van der Waals surface area contributed by atoms with E-state index in [-0.39, 0.29) is 5.91 Å². The summed E-state index contributed by atoms with van der Waals surface area (Å²) < 4.78 is 0. The van der Waals surface area contributed by atoms with E-state index in [0.717, 1.165) is 36.6 Å². The van der Waals surface area contributed by atoms with Crippen molar-refractivity contribution in [2.75, 3.05) is 11.9 Å². The molecule has 1 aromatic heterocycles. The number of hydrogen-bond donors (Lipinski definition) is 2. The van der Waals surface area contributed by atoms with E-state index in [1.54, 1.807) is 6.20 Å². The minimum atomic E-state index is -0.0242. The van der Waals surface area contributed by atoms with Crippen LogP contribution in [-0.2, 0) is 0 Å². The molecule has 0 unspecified atom stereocenters. The van der Waals surface area contributed by atoms with E-state index in [0.29, 0.717) is 5.56 Å². The molecule has 2 aromatic rings. The quantitative estimate of drug-likeness (QED) is 0.762. The van der Waals surface area contributed by atoms with Gasteiger partial charge < -0.3 is 10.6 Å². The van der Waals surface area contributed by atoms with Gasteiger partial charge in [-0.25, -0.2) is 4.98 Å². The molecular weight excluding hydrogens is 270 g/mol. The van der Waals surface area contributed by atoms with Crippen LogP contribution in [0.2, 0.25) is 0 Å². The van der Waals surface area contributed by atoms with Crippen molar-refractivity contribution in [3.05, 3.63) is 41.4 Å². The highest BCUT2D eigenvalue weighted by molar-refractivity contribution is 7.13. The summed E-state index contributed by atoms with van der Waals surface area (Å²) in [5.41, 5.74) is 1.55. The summed E-state index contributed by atoms with van der Waals surface area (Å²) in [4.78, 5) is 16.2. The van der Waals surface area contributed by atoms with Crippen LogP contribution in [0.25, 0.3) is 0 Å². The number of benzene rings is 1. The number of nitrogens with zero attached hydrogens (tertiary/aromatic N) is 1.